The highest BCUT2D eigenvalue weighted by Crippen LogP contribution is 2.37. The molecule has 2 rings (SSSR count). The first kappa shape index (κ1) is 10.1. The second-order valence-corrected chi connectivity index (χ2v) is 3.75. The van der Waals surface area contributed by atoms with E-state index in [1.165, 1.54) is 11.9 Å². The van der Waals surface area contributed by atoms with Crippen molar-refractivity contribution in [2.45, 2.75) is 4.90 Å². The SMILES string of the molecule is COC1=CC=NSc2cccc(OC)c21. The minimum Gasteiger partial charge on any atom is -0.496 e. The van der Waals surface area contributed by atoms with Gasteiger partial charge in [0, 0.05) is 23.1 Å². The molecule has 1 aliphatic heterocycles. The minimum atomic E-state index is 0.774. The molecule has 15 heavy (non-hydrogen) atoms. The average Bonchev–Trinajstić information content (AvgIpc) is 2.50. The molecule has 1 heterocycles. The van der Waals surface area contributed by atoms with Gasteiger partial charge in [-0.05, 0) is 18.2 Å². The lowest BCUT2D eigenvalue weighted by molar-refractivity contribution is 0.360. The number of ether oxygens (including phenoxy) is 2. The Kier molecular flexibility index (Phi) is 2.97. The normalized spacial score (nSPS) is 13.9. The van der Waals surface area contributed by atoms with Crippen LogP contribution in [0.3, 0.4) is 0 Å². The van der Waals surface area contributed by atoms with E-state index in [0.717, 1.165) is 22.0 Å². The van der Waals surface area contributed by atoms with Gasteiger partial charge in [-0.3, -0.25) is 0 Å². The van der Waals surface area contributed by atoms with E-state index < -0.39 is 0 Å². The van der Waals surface area contributed by atoms with Crippen LogP contribution in [-0.2, 0) is 4.74 Å². The Morgan fingerprint density at radius 3 is 2.80 bits per heavy atom. The maximum absolute atomic E-state index is 5.32. The summed E-state index contributed by atoms with van der Waals surface area (Å²) in [6.07, 6.45) is 3.56. The van der Waals surface area contributed by atoms with Crippen molar-refractivity contribution < 1.29 is 9.47 Å². The maximum Gasteiger partial charge on any atom is 0.132 e. The molecule has 0 atom stereocenters. The summed E-state index contributed by atoms with van der Waals surface area (Å²) in [5, 5.41) is 0. The Hall–Kier alpha value is -1.42. The molecule has 3 nitrogen and oxygen atoms in total. The Balaban J connectivity index is 2.60. The van der Waals surface area contributed by atoms with E-state index in [4.69, 9.17) is 9.47 Å². The van der Waals surface area contributed by atoms with Gasteiger partial charge in [0.05, 0.1) is 19.8 Å². The number of benzene rings is 1. The molecule has 0 saturated heterocycles. The van der Waals surface area contributed by atoms with Gasteiger partial charge >= 0.3 is 0 Å². The molecule has 0 spiro atoms. The molecule has 0 aromatic heterocycles. The quantitative estimate of drug-likeness (QED) is 0.719. The van der Waals surface area contributed by atoms with Crippen molar-refractivity contribution in [2.24, 2.45) is 4.40 Å². The van der Waals surface area contributed by atoms with Crippen molar-refractivity contribution in [3.8, 4) is 5.75 Å². The molecule has 0 unspecified atom stereocenters. The summed E-state index contributed by atoms with van der Waals surface area (Å²) in [4.78, 5) is 1.04. The van der Waals surface area contributed by atoms with Gasteiger partial charge in [0.15, 0.2) is 0 Å². The Morgan fingerprint density at radius 1 is 1.20 bits per heavy atom. The number of hydrogen-bond acceptors (Lipinski definition) is 4. The van der Waals surface area contributed by atoms with Crippen molar-refractivity contribution in [1.82, 2.24) is 0 Å². The molecule has 0 bridgehead atoms. The van der Waals surface area contributed by atoms with Gasteiger partial charge < -0.3 is 9.47 Å². The summed E-state index contributed by atoms with van der Waals surface area (Å²) >= 11 is 1.42. The van der Waals surface area contributed by atoms with E-state index >= 15 is 0 Å². The molecule has 1 aromatic rings. The summed E-state index contributed by atoms with van der Waals surface area (Å²) in [7, 11) is 3.30. The highest BCUT2D eigenvalue weighted by Gasteiger charge is 2.15. The predicted octanol–water partition coefficient (Wildman–Crippen LogP) is 2.77. The fourth-order valence-electron chi connectivity index (χ4n) is 1.44. The van der Waals surface area contributed by atoms with Crippen LogP contribution in [0, 0.1) is 0 Å². The maximum atomic E-state index is 5.32. The fourth-order valence-corrected chi connectivity index (χ4v) is 2.11. The molecule has 4 heteroatoms. The van der Waals surface area contributed by atoms with Gasteiger partial charge in [0.2, 0.25) is 0 Å². The third kappa shape index (κ3) is 1.85. The predicted molar refractivity (Wildman–Crippen MR) is 62.3 cm³/mol. The number of nitrogens with zero attached hydrogens (tertiary/aromatic N) is 1. The fraction of sp³-hybridized carbons (Fsp3) is 0.182. The lowest BCUT2D eigenvalue weighted by Crippen LogP contribution is -1.95. The van der Waals surface area contributed by atoms with E-state index in [2.05, 4.69) is 4.40 Å². The van der Waals surface area contributed by atoms with Gasteiger partial charge in [0.1, 0.15) is 11.5 Å². The van der Waals surface area contributed by atoms with Crippen molar-refractivity contribution in [2.75, 3.05) is 14.2 Å². The second kappa shape index (κ2) is 4.40. The van der Waals surface area contributed by atoms with Crippen LogP contribution in [0.1, 0.15) is 5.56 Å². The highest BCUT2D eigenvalue weighted by molar-refractivity contribution is 7.98. The second-order valence-electron chi connectivity index (χ2n) is 2.91. The van der Waals surface area contributed by atoms with Crippen LogP contribution in [0.15, 0.2) is 33.6 Å². The van der Waals surface area contributed by atoms with Crippen LogP contribution in [0.25, 0.3) is 5.76 Å². The van der Waals surface area contributed by atoms with Crippen LogP contribution in [0.4, 0.5) is 0 Å². The zero-order chi connectivity index (χ0) is 10.7. The molecule has 1 aliphatic rings. The molecule has 0 radical (unpaired) electrons. The standard InChI is InChI=1S/C11H11NO2S/c1-13-8-4-3-5-10-11(8)9(14-2)6-7-12-15-10/h3-7H,1-2H3. The van der Waals surface area contributed by atoms with E-state index in [-0.39, 0.29) is 0 Å². The van der Waals surface area contributed by atoms with Crippen LogP contribution in [0.5, 0.6) is 5.75 Å². The number of fused-ring (bicyclic) bond motifs is 1. The summed E-state index contributed by atoms with van der Waals surface area (Å²) in [6, 6.07) is 5.86. The van der Waals surface area contributed by atoms with E-state index in [1.54, 1.807) is 20.4 Å². The van der Waals surface area contributed by atoms with Crippen LogP contribution in [0.2, 0.25) is 0 Å². The summed E-state index contributed by atoms with van der Waals surface area (Å²) in [6.45, 7) is 0. The van der Waals surface area contributed by atoms with Crippen LogP contribution in [-0.4, -0.2) is 20.4 Å². The van der Waals surface area contributed by atoms with E-state index in [9.17, 15) is 0 Å². The number of methoxy groups -OCH3 is 2. The smallest absolute Gasteiger partial charge is 0.132 e. The molecular formula is C11H11NO2S. The first-order chi connectivity index (χ1) is 7.36. The zero-order valence-corrected chi connectivity index (χ0v) is 9.38. The first-order valence-corrected chi connectivity index (χ1v) is 5.26. The van der Waals surface area contributed by atoms with Gasteiger partial charge in [-0.15, -0.1) is 0 Å². The Labute approximate surface area is 92.9 Å². The number of rotatable bonds is 2. The van der Waals surface area contributed by atoms with Crippen molar-refractivity contribution >= 4 is 23.9 Å². The highest BCUT2D eigenvalue weighted by atomic mass is 32.2. The molecule has 0 amide bonds. The first-order valence-electron chi connectivity index (χ1n) is 4.49. The Bertz CT molecular complexity index is 427. The molecular weight excluding hydrogens is 210 g/mol. The third-order valence-electron chi connectivity index (χ3n) is 2.11. The summed E-state index contributed by atoms with van der Waals surface area (Å²) in [5.41, 5.74) is 0.963. The number of hydrogen-bond donors (Lipinski definition) is 0. The van der Waals surface area contributed by atoms with Crippen molar-refractivity contribution in [3.05, 3.63) is 29.8 Å². The minimum absolute atomic E-state index is 0.774. The van der Waals surface area contributed by atoms with Gasteiger partial charge in [-0.1, -0.05) is 6.07 Å². The van der Waals surface area contributed by atoms with Gasteiger partial charge in [-0.25, -0.2) is 4.40 Å². The van der Waals surface area contributed by atoms with E-state index in [1.807, 2.05) is 24.3 Å². The molecule has 0 fully saturated rings. The molecule has 0 N–H and O–H groups in total. The van der Waals surface area contributed by atoms with Crippen molar-refractivity contribution in [1.29, 1.82) is 0 Å². The molecule has 0 aliphatic carbocycles. The van der Waals surface area contributed by atoms with Crippen molar-refractivity contribution in [3.63, 3.8) is 0 Å². The lowest BCUT2D eigenvalue weighted by Gasteiger charge is -2.12. The van der Waals surface area contributed by atoms with Gasteiger partial charge in [-0.2, -0.15) is 0 Å². The monoisotopic (exact) mass is 221 g/mol. The molecule has 78 valence electrons. The largest absolute Gasteiger partial charge is 0.496 e. The van der Waals surface area contributed by atoms with Crippen LogP contribution < -0.4 is 4.74 Å². The van der Waals surface area contributed by atoms with Crippen LogP contribution >= 0.6 is 11.9 Å². The van der Waals surface area contributed by atoms with Gasteiger partial charge in [0.25, 0.3) is 0 Å². The molecule has 1 aromatic carbocycles. The summed E-state index contributed by atoms with van der Waals surface area (Å²) < 4.78 is 14.8. The Morgan fingerprint density at radius 2 is 2.07 bits per heavy atom. The third-order valence-corrected chi connectivity index (χ3v) is 2.88. The zero-order valence-electron chi connectivity index (χ0n) is 8.56. The average molecular weight is 221 g/mol. The summed E-state index contributed by atoms with van der Waals surface area (Å²) in [5.74, 6) is 1.58. The topological polar surface area (TPSA) is 30.8 Å². The van der Waals surface area contributed by atoms with E-state index in [0.29, 0.717) is 0 Å². The molecule has 0 saturated carbocycles. The lowest BCUT2D eigenvalue weighted by atomic mass is 10.1. The number of allylic oxidation sites excluding steroid dienone is 1.